The first-order valence-electron chi connectivity index (χ1n) is 5.24. The lowest BCUT2D eigenvalue weighted by Crippen LogP contribution is -2.41. The summed E-state index contributed by atoms with van der Waals surface area (Å²) in [5.74, 6) is 0.855. The molecule has 0 aromatic heterocycles. The molecular formula is C11H14N4O2. The Bertz CT molecular complexity index is 459. The molecule has 0 aliphatic carbocycles. The van der Waals surface area contributed by atoms with E-state index in [1.165, 1.54) is 4.90 Å². The lowest BCUT2D eigenvalue weighted by molar-refractivity contribution is 0.236. The fourth-order valence-electron chi connectivity index (χ4n) is 1.60. The van der Waals surface area contributed by atoms with E-state index < -0.39 is 0 Å². The smallest absolute Gasteiger partial charge is 0.328 e. The molecule has 1 aromatic carbocycles. The van der Waals surface area contributed by atoms with Crippen LogP contribution in [0.3, 0.4) is 0 Å². The zero-order valence-corrected chi connectivity index (χ0v) is 9.51. The van der Waals surface area contributed by atoms with Crippen LogP contribution in [-0.2, 0) is 0 Å². The van der Waals surface area contributed by atoms with Crippen LogP contribution in [0.15, 0.2) is 29.3 Å². The lowest BCUT2D eigenvalue weighted by Gasteiger charge is -2.17. The third-order valence-corrected chi connectivity index (χ3v) is 2.47. The van der Waals surface area contributed by atoms with Crippen molar-refractivity contribution in [3.63, 3.8) is 0 Å². The van der Waals surface area contributed by atoms with Crippen molar-refractivity contribution in [1.29, 1.82) is 0 Å². The van der Waals surface area contributed by atoms with Gasteiger partial charge in [-0.05, 0) is 12.1 Å². The van der Waals surface area contributed by atoms with Gasteiger partial charge in [-0.25, -0.2) is 4.79 Å². The van der Waals surface area contributed by atoms with Crippen molar-refractivity contribution in [3.05, 3.63) is 24.3 Å². The van der Waals surface area contributed by atoms with Gasteiger partial charge in [0.15, 0.2) is 5.96 Å². The summed E-state index contributed by atoms with van der Waals surface area (Å²) in [7, 11) is 1.55. The van der Waals surface area contributed by atoms with Gasteiger partial charge in [-0.3, -0.25) is 9.89 Å². The van der Waals surface area contributed by atoms with Crippen molar-refractivity contribution < 1.29 is 9.53 Å². The van der Waals surface area contributed by atoms with E-state index in [0.29, 0.717) is 24.5 Å². The normalized spacial score (nSPS) is 14.4. The van der Waals surface area contributed by atoms with Crippen LogP contribution in [-0.4, -0.2) is 37.1 Å². The third kappa shape index (κ3) is 2.30. The summed E-state index contributed by atoms with van der Waals surface area (Å²) in [5.41, 5.74) is 6.20. The molecule has 90 valence electrons. The molecule has 0 atom stereocenters. The summed E-state index contributed by atoms with van der Waals surface area (Å²) < 4.78 is 5.14. The number of urea groups is 1. The fourth-order valence-corrected chi connectivity index (χ4v) is 1.60. The molecular weight excluding hydrogens is 220 g/mol. The first-order chi connectivity index (χ1) is 8.22. The lowest BCUT2D eigenvalue weighted by atomic mass is 10.3. The number of carbonyl (C=O) groups is 1. The molecule has 1 aromatic rings. The molecule has 0 saturated carbocycles. The minimum Gasteiger partial charge on any atom is -0.495 e. The number of benzene rings is 1. The minimum atomic E-state index is -0.298. The van der Waals surface area contributed by atoms with Crippen molar-refractivity contribution in [2.24, 2.45) is 10.7 Å². The van der Waals surface area contributed by atoms with E-state index in [4.69, 9.17) is 10.5 Å². The molecule has 0 unspecified atom stereocenters. The summed E-state index contributed by atoms with van der Waals surface area (Å²) in [6.45, 7) is 1.05. The summed E-state index contributed by atoms with van der Waals surface area (Å²) in [4.78, 5) is 17.2. The molecule has 0 spiro atoms. The molecule has 0 bridgehead atoms. The van der Waals surface area contributed by atoms with Gasteiger partial charge in [0, 0.05) is 0 Å². The number of anilines is 1. The van der Waals surface area contributed by atoms with E-state index in [2.05, 4.69) is 10.3 Å². The van der Waals surface area contributed by atoms with E-state index in [0.717, 1.165) is 0 Å². The Hall–Kier alpha value is -2.24. The number of nitrogens with zero attached hydrogens (tertiary/aromatic N) is 2. The Labute approximate surface area is 99.1 Å². The maximum absolute atomic E-state index is 11.9. The number of ether oxygens (including phenoxy) is 1. The quantitative estimate of drug-likeness (QED) is 0.796. The first-order valence-corrected chi connectivity index (χ1v) is 5.24. The first kappa shape index (κ1) is 11.3. The molecule has 1 aliphatic heterocycles. The van der Waals surface area contributed by atoms with Crippen LogP contribution < -0.4 is 15.8 Å². The van der Waals surface area contributed by atoms with Crippen LogP contribution in [0.1, 0.15) is 0 Å². The number of hydrogen-bond acceptors (Lipinski definition) is 4. The summed E-state index contributed by atoms with van der Waals surface area (Å²) in [6, 6.07) is 6.89. The second kappa shape index (κ2) is 4.73. The average Bonchev–Trinajstić information content (AvgIpc) is 2.76. The summed E-state index contributed by atoms with van der Waals surface area (Å²) in [5, 5.41) is 2.73. The van der Waals surface area contributed by atoms with Crippen molar-refractivity contribution in [1.82, 2.24) is 4.90 Å². The SMILES string of the molecule is COc1ccccc1NC(=O)N1CCN=C1N. The van der Waals surface area contributed by atoms with Crippen molar-refractivity contribution >= 4 is 17.7 Å². The zero-order chi connectivity index (χ0) is 12.3. The van der Waals surface area contributed by atoms with Gasteiger partial charge >= 0.3 is 6.03 Å². The van der Waals surface area contributed by atoms with Crippen LogP contribution >= 0.6 is 0 Å². The number of methoxy groups -OCH3 is 1. The van der Waals surface area contributed by atoms with Crippen LogP contribution in [0, 0.1) is 0 Å². The monoisotopic (exact) mass is 234 g/mol. The van der Waals surface area contributed by atoms with E-state index in [1.54, 1.807) is 19.2 Å². The van der Waals surface area contributed by atoms with Crippen LogP contribution in [0.5, 0.6) is 5.75 Å². The maximum atomic E-state index is 11.9. The van der Waals surface area contributed by atoms with Gasteiger partial charge in [0.2, 0.25) is 0 Å². The fraction of sp³-hybridized carbons (Fsp3) is 0.273. The molecule has 0 saturated heterocycles. The molecule has 1 aliphatic rings. The number of para-hydroxylation sites is 2. The standard InChI is InChI=1S/C11H14N4O2/c1-17-9-5-3-2-4-8(9)14-11(16)15-7-6-13-10(15)12/h2-5H,6-7H2,1H3,(H2,12,13)(H,14,16). The highest BCUT2D eigenvalue weighted by molar-refractivity contribution is 6.03. The molecule has 6 nitrogen and oxygen atoms in total. The number of hydrogen-bond donors (Lipinski definition) is 2. The number of guanidine groups is 1. The molecule has 3 N–H and O–H groups in total. The highest BCUT2D eigenvalue weighted by atomic mass is 16.5. The highest BCUT2D eigenvalue weighted by Crippen LogP contribution is 2.23. The van der Waals surface area contributed by atoms with Gasteiger partial charge in [0.1, 0.15) is 5.75 Å². The highest BCUT2D eigenvalue weighted by Gasteiger charge is 2.21. The van der Waals surface area contributed by atoms with Gasteiger partial charge in [0.25, 0.3) is 0 Å². The molecule has 17 heavy (non-hydrogen) atoms. The Morgan fingerprint density at radius 1 is 1.53 bits per heavy atom. The maximum Gasteiger partial charge on any atom is 0.328 e. The summed E-state index contributed by atoms with van der Waals surface area (Å²) in [6.07, 6.45) is 0. The van der Waals surface area contributed by atoms with Gasteiger partial charge in [-0.15, -0.1) is 0 Å². The largest absolute Gasteiger partial charge is 0.495 e. The Kier molecular flexibility index (Phi) is 3.13. The van der Waals surface area contributed by atoms with Crippen LogP contribution in [0.4, 0.5) is 10.5 Å². The number of rotatable bonds is 2. The third-order valence-electron chi connectivity index (χ3n) is 2.47. The predicted molar refractivity (Wildman–Crippen MR) is 65.2 cm³/mol. The Morgan fingerprint density at radius 3 is 2.94 bits per heavy atom. The Balaban J connectivity index is 2.10. The van der Waals surface area contributed by atoms with Gasteiger partial charge < -0.3 is 15.8 Å². The molecule has 2 amide bonds. The number of carbonyl (C=O) groups excluding carboxylic acids is 1. The number of nitrogens with two attached hydrogens (primary N) is 1. The van der Waals surface area contributed by atoms with Gasteiger partial charge in [-0.1, -0.05) is 12.1 Å². The second-order valence-corrected chi connectivity index (χ2v) is 3.52. The number of aliphatic imine (C=N–C) groups is 1. The number of amides is 2. The van der Waals surface area contributed by atoms with Gasteiger partial charge in [0.05, 0.1) is 25.9 Å². The molecule has 0 radical (unpaired) electrons. The number of nitrogens with one attached hydrogen (secondary N) is 1. The Morgan fingerprint density at radius 2 is 2.29 bits per heavy atom. The molecule has 0 fully saturated rings. The average molecular weight is 234 g/mol. The minimum absolute atomic E-state index is 0.248. The topological polar surface area (TPSA) is 80.0 Å². The van der Waals surface area contributed by atoms with Crippen molar-refractivity contribution in [2.45, 2.75) is 0 Å². The predicted octanol–water partition coefficient (Wildman–Crippen LogP) is 0.857. The molecule has 1 heterocycles. The molecule has 6 heteroatoms. The van der Waals surface area contributed by atoms with Crippen molar-refractivity contribution in [2.75, 3.05) is 25.5 Å². The van der Waals surface area contributed by atoms with E-state index >= 15 is 0 Å². The second-order valence-electron chi connectivity index (χ2n) is 3.52. The summed E-state index contributed by atoms with van der Waals surface area (Å²) >= 11 is 0. The zero-order valence-electron chi connectivity index (χ0n) is 9.51. The van der Waals surface area contributed by atoms with Crippen LogP contribution in [0.25, 0.3) is 0 Å². The molecule has 2 rings (SSSR count). The van der Waals surface area contributed by atoms with E-state index in [1.807, 2.05) is 12.1 Å². The van der Waals surface area contributed by atoms with Crippen molar-refractivity contribution in [3.8, 4) is 5.75 Å². The van der Waals surface area contributed by atoms with Gasteiger partial charge in [-0.2, -0.15) is 0 Å². The van der Waals surface area contributed by atoms with E-state index in [-0.39, 0.29) is 12.0 Å². The van der Waals surface area contributed by atoms with E-state index in [9.17, 15) is 4.79 Å². The van der Waals surface area contributed by atoms with Crippen LogP contribution in [0.2, 0.25) is 0 Å².